The number of hydrogen-bond donors (Lipinski definition) is 1. The van der Waals surface area contributed by atoms with E-state index >= 15 is 0 Å². The number of pyridine rings is 1. The maximum atomic E-state index is 12.2. The largest absolute Gasteiger partial charge is 0.497 e. The Labute approximate surface area is 119 Å². The number of halogens is 1. The zero-order valence-electron chi connectivity index (χ0n) is 10.00. The number of ether oxygens (including phenoxy) is 1. The summed E-state index contributed by atoms with van der Waals surface area (Å²) in [5, 5.41) is 0. The van der Waals surface area contributed by atoms with Crippen molar-refractivity contribution in [2.45, 2.75) is 4.90 Å². The minimum Gasteiger partial charge on any atom is -0.497 e. The second kappa shape index (κ2) is 5.58. The number of benzene rings is 1. The molecular weight excluding hydrogens is 332 g/mol. The normalized spacial score (nSPS) is 11.1. The predicted molar refractivity (Wildman–Crippen MR) is 75.7 cm³/mol. The van der Waals surface area contributed by atoms with Gasteiger partial charge in [0.1, 0.15) is 10.4 Å². The zero-order chi connectivity index (χ0) is 13.9. The molecule has 2 rings (SSSR count). The first-order chi connectivity index (χ1) is 9.03. The standard InChI is InChI=1S/C12H11BrN2O3S/c1-18-9-4-2-5-10(8-9)19(16,17)15-11-6-3-7-14-12(11)13/h2-8,15H,1H3. The van der Waals surface area contributed by atoms with E-state index in [0.717, 1.165) is 0 Å². The van der Waals surface area contributed by atoms with Gasteiger partial charge in [0, 0.05) is 12.3 Å². The number of methoxy groups -OCH3 is 1. The van der Waals surface area contributed by atoms with E-state index in [4.69, 9.17) is 4.74 Å². The molecule has 100 valence electrons. The average Bonchev–Trinajstić information content (AvgIpc) is 2.41. The van der Waals surface area contributed by atoms with Crippen molar-refractivity contribution in [2.24, 2.45) is 0 Å². The monoisotopic (exact) mass is 342 g/mol. The van der Waals surface area contributed by atoms with Gasteiger partial charge in [0.15, 0.2) is 0 Å². The van der Waals surface area contributed by atoms with Crippen molar-refractivity contribution in [3.05, 3.63) is 47.2 Å². The number of nitrogens with zero attached hydrogens (tertiary/aromatic N) is 1. The summed E-state index contributed by atoms with van der Waals surface area (Å²) in [4.78, 5) is 4.08. The molecule has 0 saturated carbocycles. The van der Waals surface area contributed by atoms with Crippen LogP contribution >= 0.6 is 15.9 Å². The summed E-state index contributed by atoms with van der Waals surface area (Å²) >= 11 is 3.19. The molecular formula is C12H11BrN2O3S. The Bertz CT molecular complexity index is 689. The van der Waals surface area contributed by atoms with Crippen LogP contribution in [0.25, 0.3) is 0 Å². The molecule has 0 spiro atoms. The second-order valence-electron chi connectivity index (χ2n) is 3.63. The van der Waals surface area contributed by atoms with Crippen LogP contribution < -0.4 is 9.46 Å². The Kier molecular flexibility index (Phi) is 4.06. The van der Waals surface area contributed by atoms with Gasteiger partial charge in [-0.1, -0.05) is 6.07 Å². The van der Waals surface area contributed by atoms with Crippen LogP contribution in [0.3, 0.4) is 0 Å². The van der Waals surface area contributed by atoms with Crippen molar-refractivity contribution < 1.29 is 13.2 Å². The first kappa shape index (κ1) is 13.8. The number of anilines is 1. The van der Waals surface area contributed by atoms with Gasteiger partial charge in [-0.3, -0.25) is 4.72 Å². The van der Waals surface area contributed by atoms with Gasteiger partial charge in [-0.15, -0.1) is 0 Å². The highest BCUT2D eigenvalue weighted by Gasteiger charge is 2.16. The number of rotatable bonds is 4. The van der Waals surface area contributed by atoms with Gasteiger partial charge >= 0.3 is 0 Å². The SMILES string of the molecule is COc1cccc(S(=O)(=O)Nc2cccnc2Br)c1. The van der Waals surface area contributed by atoms with Gasteiger partial charge in [0.2, 0.25) is 0 Å². The van der Waals surface area contributed by atoms with Gasteiger partial charge in [0.05, 0.1) is 17.7 Å². The summed E-state index contributed by atoms with van der Waals surface area (Å²) in [6.45, 7) is 0. The van der Waals surface area contributed by atoms with E-state index in [1.165, 1.54) is 19.2 Å². The molecule has 2 aromatic rings. The molecule has 1 heterocycles. The van der Waals surface area contributed by atoms with E-state index in [0.29, 0.717) is 16.0 Å². The maximum absolute atomic E-state index is 12.2. The van der Waals surface area contributed by atoms with Crippen LogP contribution in [-0.4, -0.2) is 20.5 Å². The highest BCUT2D eigenvalue weighted by molar-refractivity contribution is 9.10. The van der Waals surface area contributed by atoms with Crippen LogP contribution in [0.15, 0.2) is 52.1 Å². The van der Waals surface area contributed by atoms with Crippen LogP contribution in [0.5, 0.6) is 5.75 Å². The van der Waals surface area contributed by atoms with Crippen molar-refractivity contribution in [1.82, 2.24) is 4.98 Å². The third-order valence-corrected chi connectivity index (χ3v) is 4.35. The van der Waals surface area contributed by atoms with Gasteiger partial charge in [-0.05, 0) is 40.2 Å². The Balaban J connectivity index is 2.35. The van der Waals surface area contributed by atoms with E-state index < -0.39 is 10.0 Å². The van der Waals surface area contributed by atoms with Crippen molar-refractivity contribution in [2.75, 3.05) is 11.8 Å². The molecule has 0 aliphatic carbocycles. The van der Waals surface area contributed by atoms with Gasteiger partial charge in [-0.25, -0.2) is 13.4 Å². The van der Waals surface area contributed by atoms with Crippen molar-refractivity contribution in [3.8, 4) is 5.75 Å². The number of aromatic nitrogens is 1. The lowest BCUT2D eigenvalue weighted by atomic mass is 10.3. The van der Waals surface area contributed by atoms with Gasteiger partial charge in [-0.2, -0.15) is 0 Å². The number of nitrogens with one attached hydrogen (secondary N) is 1. The van der Waals surface area contributed by atoms with Crippen LogP contribution in [0.1, 0.15) is 0 Å². The first-order valence-electron chi connectivity index (χ1n) is 5.30. The summed E-state index contributed by atoms with van der Waals surface area (Å²) in [5.74, 6) is 0.480. The molecule has 0 amide bonds. The lowest BCUT2D eigenvalue weighted by Crippen LogP contribution is -2.13. The number of sulfonamides is 1. The highest BCUT2D eigenvalue weighted by Crippen LogP contribution is 2.24. The van der Waals surface area contributed by atoms with Crippen LogP contribution in [0, 0.1) is 0 Å². The smallest absolute Gasteiger partial charge is 0.262 e. The summed E-state index contributed by atoms with van der Waals surface area (Å²) in [7, 11) is -2.19. The van der Waals surface area contributed by atoms with Crippen LogP contribution in [0.4, 0.5) is 5.69 Å². The molecule has 0 fully saturated rings. The van der Waals surface area contributed by atoms with Gasteiger partial charge < -0.3 is 4.74 Å². The minimum atomic E-state index is -3.67. The van der Waals surface area contributed by atoms with E-state index in [2.05, 4.69) is 25.6 Å². The van der Waals surface area contributed by atoms with Gasteiger partial charge in [0.25, 0.3) is 10.0 Å². The molecule has 5 nitrogen and oxygen atoms in total. The number of hydrogen-bond acceptors (Lipinski definition) is 4. The fraction of sp³-hybridized carbons (Fsp3) is 0.0833. The molecule has 0 aliphatic heterocycles. The summed E-state index contributed by atoms with van der Waals surface area (Å²) < 4.78 is 32.3. The lowest BCUT2D eigenvalue weighted by Gasteiger charge is -2.09. The molecule has 1 N–H and O–H groups in total. The zero-order valence-corrected chi connectivity index (χ0v) is 12.4. The fourth-order valence-electron chi connectivity index (χ4n) is 1.43. The highest BCUT2D eigenvalue weighted by atomic mass is 79.9. The van der Waals surface area contributed by atoms with Crippen LogP contribution in [-0.2, 0) is 10.0 Å². The van der Waals surface area contributed by atoms with Crippen LogP contribution in [0.2, 0.25) is 0 Å². The Hall–Kier alpha value is -1.60. The average molecular weight is 343 g/mol. The first-order valence-corrected chi connectivity index (χ1v) is 7.58. The summed E-state index contributed by atoms with van der Waals surface area (Å²) in [5.41, 5.74) is 0.380. The molecule has 0 unspecified atom stereocenters. The molecule has 1 aromatic heterocycles. The molecule has 0 radical (unpaired) electrons. The Morgan fingerprint density at radius 2 is 2.05 bits per heavy atom. The second-order valence-corrected chi connectivity index (χ2v) is 6.06. The molecule has 0 aliphatic rings. The van der Waals surface area contributed by atoms with Crippen molar-refractivity contribution in [3.63, 3.8) is 0 Å². The third-order valence-electron chi connectivity index (χ3n) is 2.35. The summed E-state index contributed by atoms with van der Waals surface area (Å²) in [6.07, 6.45) is 1.56. The van der Waals surface area contributed by atoms with E-state index in [9.17, 15) is 8.42 Å². The van der Waals surface area contributed by atoms with Crippen molar-refractivity contribution in [1.29, 1.82) is 0 Å². The van der Waals surface area contributed by atoms with Crippen molar-refractivity contribution >= 4 is 31.6 Å². The molecule has 7 heteroatoms. The summed E-state index contributed by atoms with van der Waals surface area (Å²) in [6, 6.07) is 9.51. The van der Waals surface area contributed by atoms with E-state index in [1.807, 2.05) is 0 Å². The predicted octanol–water partition coefficient (Wildman–Crippen LogP) is 2.65. The molecule has 1 aromatic carbocycles. The maximum Gasteiger partial charge on any atom is 0.262 e. The lowest BCUT2D eigenvalue weighted by molar-refractivity contribution is 0.413. The Morgan fingerprint density at radius 1 is 1.26 bits per heavy atom. The third kappa shape index (κ3) is 3.24. The molecule has 19 heavy (non-hydrogen) atoms. The quantitative estimate of drug-likeness (QED) is 0.867. The fourth-order valence-corrected chi connectivity index (χ4v) is 3.02. The van der Waals surface area contributed by atoms with E-state index in [-0.39, 0.29) is 4.90 Å². The van der Waals surface area contributed by atoms with E-state index in [1.54, 1.807) is 30.5 Å². The topological polar surface area (TPSA) is 68.3 Å². The molecule has 0 saturated heterocycles. The molecule has 0 bridgehead atoms. The molecule has 0 atom stereocenters. The Morgan fingerprint density at radius 3 is 2.74 bits per heavy atom. The minimum absolute atomic E-state index is 0.127.